The predicted molar refractivity (Wildman–Crippen MR) is 79.2 cm³/mol. The fraction of sp³-hybridized carbons (Fsp3) is 0.333. The minimum Gasteiger partial charge on any atom is -0.480 e. The summed E-state index contributed by atoms with van der Waals surface area (Å²) in [4.78, 5) is 12.8. The maximum absolute atomic E-state index is 11.1. The fourth-order valence-electron chi connectivity index (χ4n) is 2.09. The van der Waals surface area contributed by atoms with Crippen LogP contribution in [0.15, 0.2) is 36.7 Å². The Bertz CT molecular complexity index is 592. The molecule has 0 aliphatic rings. The molecule has 0 saturated heterocycles. The molecule has 0 aliphatic heterocycles. The molecule has 0 aliphatic carbocycles. The molecule has 2 rings (SSSR count). The molecule has 0 saturated carbocycles. The molecule has 2 aromatic rings. The number of hydrogen-bond acceptors (Lipinski definition) is 4. The fourth-order valence-corrected chi connectivity index (χ4v) is 2.09. The number of aliphatic carboxylic acids is 1. The summed E-state index contributed by atoms with van der Waals surface area (Å²) in [5, 5.41) is 22.1. The van der Waals surface area contributed by atoms with E-state index in [0.717, 1.165) is 16.8 Å². The van der Waals surface area contributed by atoms with Crippen LogP contribution in [0.25, 0.3) is 0 Å². The van der Waals surface area contributed by atoms with Crippen molar-refractivity contribution in [3.63, 3.8) is 0 Å². The highest BCUT2D eigenvalue weighted by molar-refractivity contribution is 5.73. The molecule has 112 valence electrons. The Hall–Kier alpha value is -2.34. The molecular formula is C15H19N3O3. The lowest BCUT2D eigenvalue weighted by Crippen LogP contribution is -2.29. The number of anilines is 1. The van der Waals surface area contributed by atoms with Crippen molar-refractivity contribution in [2.75, 3.05) is 18.1 Å². The van der Waals surface area contributed by atoms with Gasteiger partial charge in [-0.25, -0.2) is 0 Å². The second kappa shape index (κ2) is 6.90. The molecule has 0 bridgehead atoms. The van der Waals surface area contributed by atoms with Gasteiger partial charge in [0.2, 0.25) is 0 Å². The third kappa shape index (κ3) is 4.32. The Morgan fingerprint density at radius 3 is 2.67 bits per heavy atom. The van der Waals surface area contributed by atoms with E-state index >= 15 is 0 Å². The highest BCUT2D eigenvalue weighted by Crippen LogP contribution is 2.17. The predicted octanol–water partition coefficient (Wildman–Crippen LogP) is 1.28. The number of carboxylic acid groups (broad SMARTS) is 1. The summed E-state index contributed by atoms with van der Waals surface area (Å²) in [6.07, 6.45) is 3.51. The summed E-state index contributed by atoms with van der Waals surface area (Å²) < 4.78 is 1.64. The number of hydrogen-bond donors (Lipinski definition) is 2. The monoisotopic (exact) mass is 289 g/mol. The third-order valence-corrected chi connectivity index (χ3v) is 3.11. The smallest absolute Gasteiger partial charge is 0.323 e. The molecule has 0 radical (unpaired) electrons. The standard InChI is InChI=1S/C15H19N3O3/c1-12-2-4-14(5-3-12)17(11-15(20)21)9-13-8-16-18(10-13)6-7-19/h2-5,8,10,19H,6-7,9,11H2,1H3,(H,20,21). The zero-order valence-electron chi connectivity index (χ0n) is 11.9. The van der Waals surface area contributed by atoms with Crippen molar-refractivity contribution in [3.05, 3.63) is 47.8 Å². The van der Waals surface area contributed by atoms with Crippen molar-refractivity contribution in [1.29, 1.82) is 0 Å². The van der Waals surface area contributed by atoms with Crippen molar-refractivity contribution in [1.82, 2.24) is 9.78 Å². The number of aliphatic hydroxyl groups is 1. The van der Waals surface area contributed by atoms with Crippen molar-refractivity contribution >= 4 is 11.7 Å². The Labute approximate surface area is 123 Å². The second-order valence-corrected chi connectivity index (χ2v) is 4.92. The Morgan fingerprint density at radius 2 is 2.05 bits per heavy atom. The molecule has 21 heavy (non-hydrogen) atoms. The van der Waals surface area contributed by atoms with E-state index in [2.05, 4.69) is 5.10 Å². The molecule has 0 amide bonds. The molecule has 6 nitrogen and oxygen atoms in total. The molecule has 0 atom stereocenters. The first kappa shape index (κ1) is 15.1. The van der Waals surface area contributed by atoms with Gasteiger partial charge in [-0.3, -0.25) is 9.48 Å². The average Bonchev–Trinajstić information content (AvgIpc) is 2.86. The van der Waals surface area contributed by atoms with Gasteiger partial charge < -0.3 is 15.1 Å². The van der Waals surface area contributed by atoms with E-state index in [1.54, 1.807) is 15.8 Å². The van der Waals surface area contributed by atoms with Crippen LogP contribution in [0.2, 0.25) is 0 Å². The molecule has 0 fully saturated rings. The molecule has 0 spiro atoms. The summed E-state index contributed by atoms with van der Waals surface area (Å²) in [7, 11) is 0. The number of aliphatic hydroxyl groups excluding tert-OH is 1. The zero-order chi connectivity index (χ0) is 15.2. The minimum atomic E-state index is -0.877. The first-order valence-corrected chi connectivity index (χ1v) is 6.74. The van der Waals surface area contributed by atoms with Gasteiger partial charge in [0.05, 0.1) is 19.3 Å². The van der Waals surface area contributed by atoms with Crippen molar-refractivity contribution in [2.24, 2.45) is 0 Å². The SMILES string of the molecule is Cc1ccc(N(CC(=O)O)Cc2cnn(CCO)c2)cc1. The van der Waals surface area contributed by atoms with Crippen LogP contribution in [0.5, 0.6) is 0 Å². The average molecular weight is 289 g/mol. The van der Waals surface area contributed by atoms with Crippen LogP contribution in [0.3, 0.4) is 0 Å². The quantitative estimate of drug-likeness (QED) is 0.802. The summed E-state index contributed by atoms with van der Waals surface area (Å²) in [6, 6.07) is 7.74. The summed E-state index contributed by atoms with van der Waals surface area (Å²) >= 11 is 0. The first-order chi connectivity index (χ1) is 10.1. The van der Waals surface area contributed by atoms with Gasteiger partial charge in [-0.1, -0.05) is 17.7 Å². The highest BCUT2D eigenvalue weighted by Gasteiger charge is 2.12. The number of carboxylic acids is 1. The molecule has 2 N–H and O–H groups in total. The van der Waals surface area contributed by atoms with Crippen molar-refractivity contribution in [2.45, 2.75) is 20.0 Å². The maximum Gasteiger partial charge on any atom is 0.323 e. The van der Waals surface area contributed by atoms with Crippen molar-refractivity contribution in [3.8, 4) is 0 Å². The molecule has 1 heterocycles. The number of rotatable bonds is 7. The molecular weight excluding hydrogens is 270 g/mol. The lowest BCUT2D eigenvalue weighted by molar-refractivity contribution is -0.135. The molecule has 1 aromatic carbocycles. The van der Waals surface area contributed by atoms with Crippen LogP contribution < -0.4 is 4.90 Å². The Kier molecular flexibility index (Phi) is 4.94. The van der Waals surface area contributed by atoms with Crippen LogP contribution in [-0.2, 0) is 17.9 Å². The lowest BCUT2D eigenvalue weighted by Gasteiger charge is -2.22. The van der Waals surface area contributed by atoms with Crippen LogP contribution in [0.1, 0.15) is 11.1 Å². The van der Waals surface area contributed by atoms with Gasteiger partial charge in [-0.05, 0) is 19.1 Å². The zero-order valence-corrected chi connectivity index (χ0v) is 11.9. The van der Waals surface area contributed by atoms with Gasteiger partial charge in [0, 0.05) is 24.0 Å². The Morgan fingerprint density at radius 1 is 1.33 bits per heavy atom. The van der Waals surface area contributed by atoms with Gasteiger partial charge in [-0.2, -0.15) is 5.10 Å². The van der Waals surface area contributed by atoms with Crippen LogP contribution >= 0.6 is 0 Å². The van der Waals surface area contributed by atoms with Gasteiger partial charge >= 0.3 is 5.97 Å². The summed E-state index contributed by atoms with van der Waals surface area (Å²) in [5.41, 5.74) is 2.90. The lowest BCUT2D eigenvalue weighted by atomic mass is 10.2. The number of aromatic nitrogens is 2. The normalized spacial score (nSPS) is 10.6. The van der Waals surface area contributed by atoms with E-state index in [1.165, 1.54) is 0 Å². The van der Waals surface area contributed by atoms with Gasteiger partial charge in [0.25, 0.3) is 0 Å². The first-order valence-electron chi connectivity index (χ1n) is 6.74. The van der Waals surface area contributed by atoms with E-state index in [9.17, 15) is 4.79 Å². The van der Waals surface area contributed by atoms with E-state index in [0.29, 0.717) is 13.1 Å². The molecule has 1 aromatic heterocycles. The number of nitrogens with zero attached hydrogens (tertiary/aromatic N) is 3. The van der Waals surface area contributed by atoms with Gasteiger partial charge in [0.15, 0.2) is 0 Å². The van der Waals surface area contributed by atoms with Gasteiger partial charge in [0.1, 0.15) is 6.54 Å². The number of carbonyl (C=O) groups is 1. The van der Waals surface area contributed by atoms with Crippen LogP contribution in [-0.4, -0.2) is 39.1 Å². The van der Waals surface area contributed by atoms with Gasteiger partial charge in [-0.15, -0.1) is 0 Å². The number of benzene rings is 1. The summed E-state index contributed by atoms with van der Waals surface area (Å²) in [5.74, 6) is -0.877. The second-order valence-electron chi connectivity index (χ2n) is 4.92. The van der Waals surface area contributed by atoms with E-state index in [-0.39, 0.29) is 13.2 Å². The molecule has 0 unspecified atom stereocenters. The topological polar surface area (TPSA) is 78.6 Å². The minimum absolute atomic E-state index is 0.0257. The highest BCUT2D eigenvalue weighted by atomic mass is 16.4. The van der Waals surface area contributed by atoms with E-state index < -0.39 is 5.97 Å². The number of aryl methyl sites for hydroxylation is 1. The van der Waals surface area contributed by atoms with E-state index in [1.807, 2.05) is 37.4 Å². The Balaban J connectivity index is 2.15. The largest absolute Gasteiger partial charge is 0.480 e. The maximum atomic E-state index is 11.1. The van der Waals surface area contributed by atoms with Crippen LogP contribution in [0.4, 0.5) is 5.69 Å². The van der Waals surface area contributed by atoms with Crippen LogP contribution in [0, 0.1) is 6.92 Å². The van der Waals surface area contributed by atoms with Crippen molar-refractivity contribution < 1.29 is 15.0 Å². The third-order valence-electron chi connectivity index (χ3n) is 3.11. The molecule has 6 heteroatoms. The van der Waals surface area contributed by atoms with E-state index in [4.69, 9.17) is 10.2 Å². The summed E-state index contributed by atoms with van der Waals surface area (Å²) in [6.45, 7) is 2.83.